The highest BCUT2D eigenvalue weighted by molar-refractivity contribution is 5.68. The molecule has 4 heteroatoms. The van der Waals surface area contributed by atoms with Gasteiger partial charge in [0.05, 0.1) is 0 Å². The number of aryl methyl sites for hydroxylation is 1. The van der Waals surface area contributed by atoms with Gasteiger partial charge >= 0.3 is 5.97 Å². The number of aliphatic carboxylic acids is 1. The number of aliphatic hydroxyl groups is 1. The maximum Gasteiger partial charge on any atom is 0.341 e. The van der Waals surface area contributed by atoms with Crippen LogP contribution in [0.25, 0.3) is 0 Å². The number of aliphatic hydroxyl groups excluding tert-OH is 1. The Kier molecular flexibility index (Phi) is 5.36. The van der Waals surface area contributed by atoms with Crippen LogP contribution in [0.3, 0.4) is 0 Å². The van der Waals surface area contributed by atoms with Crippen LogP contribution >= 0.6 is 0 Å². The largest absolute Gasteiger partial charge is 0.482 e. The summed E-state index contributed by atoms with van der Waals surface area (Å²) in [6.45, 7) is -0.116. The van der Waals surface area contributed by atoms with Crippen LogP contribution in [0.2, 0.25) is 0 Å². The van der Waals surface area contributed by atoms with Crippen molar-refractivity contribution in [1.82, 2.24) is 0 Å². The SMILES string of the molecule is O=C(O)COc1cccc(CCCCO)c1. The van der Waals surface area contributed by atoms with E-state index in [1.165, 1.54) is 0 Å². The normalized spacial score (nSPS) is 10.1. The molecule has 4 nitrogen and oxygen atoms in total. The number of carboxylic acids is 1. The lowest BCUT2D eigenvalue weighted by atomic mass is 10.1. The first-order valence-corrected chi connectivity index (χ1v) is 5.27. The van der Waals surface area contributed by atoms with Crippen LogP contribution in [0.15, 0.2) is 24.3 Å². The van der Waals surface area contributed by atoms with Gasteiger partial charge in [0.25, 0.3) is 0 Å². The van der Waals surface area contributed by atoms with E-state index in [0.717, 1.165) is 24.8 Å². The fourth-order valence-electron chi connectivity index (χ4n) is 1.38. The van der Waals surface area contributed by atoms with Gasteiger partial charge in [-0.2, -0.15) is 0 Å². The molecule has 0 fully saturated rings. The summed E-state index contributed by atoms with van der Waals surface area (Å²) in [6.07, 6.45) is 2.56. The summed E-state index contributed by atoms with van der Waals surface area (Å²) >= 11 is 0. The number of hydrogen-bond acceptors (Lipinski definition) is 3. The van der Waals surface area contributed by atoms with E-state index < -0.39 is 5.97 Å². The molecule has 0 bridgehead atoms. The van der Waals surface area contributed by atoms with E-state index in [9.17, 15) is 4.79 Å². The lowest BCUT2D eigenvalue weighted by Crippen LogP contribution is -2.09. The van der Waals surface area contributed by atoms with Gasteiger partial charge in [0, 0.05) is 6.61 Å². The predicted molar refractivity (Wildman–Crippen MR) is 59.6 cm³/mol. The molecule has 0 atom stereocenters. The summed E-state index contributed by atoms with van der Waals surface area (Å²) in [5, 5.41) is 17.1. The van der Waals surface area contributed by atoms with Gasteiger partial charge in [-0.3, -0.25) is 0 Å². The third-order valence-corrected chi connectivity index (χ3v) is 2.13. The number of rotatable bonds is 7. The minimum Gasteiger partial charge on any atom is -0.482 e. The van der Waals surface area contributed by atoms with Gasteiger partial charge in [0.15, 0.2) is 6.61 Å². The first-order chi connectivity index (χ1) is 7.72. The van der Waals surface area contributed by atoms with Gasteiger partial charge in [-0.05, 0) is 37.0 Å². The van der Waals surface area contributed by atoms with E-state index in [1.807, 2.05) is 18.2 Å². The third kappa shape index (κ3) is 4.79. The van der Waals surface area contributed by atoms with Crippen LogP contribution in [0.5, 0.6) is 5.75 Å². The van der Waals surface area contributed by atoms with Crippen molar-refractivity contribution in [3.05, 3.63) is 29.8 Å². The second kappa shape index (κ2) is 6.85. The molecule has 88 valence electrons. The molecule has 0 amide bonds. The monoisotopic (exact) mass is 224 g/mol. The maximum absolute atomic E-state index is 10.3. The molecular weight excluding hydrogens is 208 g/mol. The Labute approximate surface area is 94.5 Å². The van der Waals surface area contributed by atoms with Crippen molar-refractivity contribution >= 4 is 5.97 Å². The van der Waals surface area contributed by atoms with Gasteiger partial charge in [-0.15, -0.1) is 0 Å². The van der Waals surface area contributed by atoms with E-state index in [4.69, 9.17) is 14.9 Å². The van der Waals surface area contributed by atoms with Gasteiger partial charge in [0.2, 0.25) is 0 Å². The van der Waals surface area contributed by atoms with Crippen molar-refractivity contribution in [3.63, 3.8) is 0 Å². The van der Waals surface area contributed by atoms with E-state index in [1.54, 1.807) is 6.07 Å². The molecule has 0 saturated heterocycles. The van der Waals surface area contributed by atoms with Crippen LogP contribution in [0, 0.1) is 0 Å². The maximum atomic E-state index is 10.3. The minimum absolute atomic E-state index is 0.204. The van der Waals surface area contributed by atoms with Gasteiger partial charge in [-0.25, -0.2) is 4.79 Å². The standard InChI is InChI=1S/C12H16O4/c13-7-2-1-4-10-5-3-6-11(8-10)16-9-12(14)15/h3,5-6,8,13H,1-2,4,7,9H2,(H,14,15). The molecule has 0 saturated carbocycles. The molecule has 1 aromatic rings. The molecule has 2 N–H and O–H groups in total. The third-order valence-electron chi connectivity index (χ3n) is 2.13. The molecule has 1 rings (SSSR count). The Bertz CT molecular complexity index is 336. The average Bonchev–Trinajstić information content (AvgIpc) is 2.27. The van der Waals surface area contributed by atoms with E-state index in [0.29, 0.717) is 5.75 Å². The zero-order valence-electron chi connectivity index (χ0n) is 9.06. The molecule has 0 aromatic heterocycles. The molecule has 0 aliphatic heterocycles. The molecule has 0 unspecified atom stereocenters. The summed E-state index contributed by atoms with van der Waals surface area (Å²) < 4.78 is 5.07. The van der Waals surface area contributed by atoms with Crippen molar-refractivity contribution in [2.24, 2.45) is 0 Å². The predicted octanol–water partition coefficient (Wildman–Crippen LogP) is 1.47. The van der Waals surface area contributed by atoms with Gasteiger partial charge in [0.1, 0.15) is 5.75 Å². The van der Waals surface area contributed by atoms with Crippen molar-refractivity contribution in [1.29, 1.82) is 0 Å². The average molecular weight is 224 g/mol. The van der Waals surface area contributed by atoms with Gasteiger partial charge in [-0.1, -0.05) is 12.1 Å². The smallest absolute Gasteiger partial charge is 0.341 e. The number of carboxylic acid groups (broad SMARTS) is 1. The molecule has 1 aromatic carbocycles. The second-order valence-corrected chi connectivity index (χ2v) is 3.51. The highest BCUT2D eigenvalue weighted by Crippen LogP contribution is 2.15. The van der Waals surface area contributed by atoms with E-state index in [-0.39, 0.29) is 13.2 Å². The molecule has 0 heterocycles. The van der Waals surface area contributed by atoms with Crippen LogP contribution in [-0.4, -0.2) is 29.4 Å². The Morgan fingerprint density at radius 2 is 2.12 bits per heavy atom. The zero-order valence-corrected chi connectivity index (χ0v) is 9.06. The summed E-state index contributed by atoms with van der Waals surface area (Å²) in [5.74, 6) is -0.408. The van der Waals surface area contributed by atoms with Crippen LogP contribution in [0.4, 0.5) is 0 Å². The molecule has 0 aliphatic carbocycles. The summed E-state index contributed by atoms with van der Waals surface area (Å²) in [7, 11) is 0. The topological polar surface area (TPSA) is 66.8 Å². The van der Waals surface area contributed by atoms with Gasteiger partial charge < -0.3 is 14.9 Å². The Balaban J connectivity index is 2.46. The van der Waals surface area contributed by atoms with Crippen LogP contribution < -0.4 is 4.74 Å². The Hall–Kier alpha value is -1.55. The van der Waals surface area contributed by atoms with Crippen LogP contribution in [-0.2, 0) is 11.2 Å². The Morgan fingerprint density at radius 3 is 2.81 bits per heavy atom. The molecule has 16 heavy (non-hydrogen) atoms. The van der Waals surface area contributed by atoms with Crippen LogP contribution in [0.1, 0.15) is 18.4 Å². The number of hydrogen-bond donors (Lipinski definition) is 2. The van der Waals surface area contributed by atoms with Crippen molar-refractivity contribution in [3.8, 4) is 5.75 Å². The molecule has 0 radical (unpaired) electrons. The minimum atomic E-state index is -0.981. The van der Waals surface area contributed by atoms with Crippen molar-refractivity contribution in [2.45, 2.75) is 19.3 Å². The lowest BCUT2D eigenvalue weighted by Gasteiger charge is -2.05. The summed E-state index contributed by atoms with van der Waals surface area (Å²) in [4.78, 5) is 10.3. The number of unbranched alkanes of at least 4 members (excludes halogenated alkanes) is 1. The summed E-state index contributed by atoms with van der Waals surface area (Å²) in [5.41, 5.74) is 1.09. The summed E-state index contributed by atoms with van der Waals surface area (Å²) in [6, 6.07) is 7.37. The molecule has 0 aliphatic rings. The fraction of sp³-hybridized carbons (Fsp3) is 0.417. The Morgan fingerprint density at radius 1 is 1.31 bits per heavy atom. The zero-order chi connectivity index (χ0) is 11.8. The number of benzene rings is 1. The van der Waals surface area contributed by atoms with Crippen molar-refractivity contribution in [2.75, 3.05) is 13.2 Å². The van der Waals surface area contributed by atoms with E-state index in [2.05, 4.69) is 0 Å². The quantitative estimate of drug-likeness (QED) is 0.688. The first kappa shape index (κ1) is 12.5. The highest BCUT2D eigenvalue weighted by atomic mass is 16.5. The lowest BCUT2D eigenvalue weighted by molar-refractivity contribution is -0.139. The highest BCUT2D eigenvalue weighted by Gasteiger charge is 2.00. The molecule has 0 spiro atoms. The van der Waals surface area contributed by atoms with Crippen molar-refractivity contribution < 1.29 is 19.7 Å². The second-order valence-electron chi connectivity index (χ2n) is 3.51. The molecular formula is C12H16O4. The van der Waals surface area contributed by atoms with E-state index >= 15 is 0 Å². The number of ether oxygens (including phenoxy) is 1. The first-order valence-electron chi connectivity index (χ1n) is 5.27. The fourth-order valence-corrected chi connectivity index (χ4v) is 1.38. The number of carbonyl (C=O) groups is 1.